The summed E-state index contributed by atoms with van der Waals surface area (Å²) in [6.45, 7) is 0. The van der Waals surface area contributed by atoms with Crippen LogP contribution >= 0.6 is 0 Å². The fourth-order valence-corrected chi connectivity index (χ4v) is 3.50. The first-order valence-corrected chi connectivity index (χ1v) is 7.01. The van der Waals surface area contributed by atoms with Crippen molar-refractivity contribution in [3.05, 3.63) is 30.1 Å². The Morgan fingerprint density at radius 2 is 2.16 bits per heavy atom. The molecule has 3 rings (SSSR count). The zero-order chi connectivity index (χ0) is 13.2. The van der Waals surface area contributed by atoms with Crippen LogP contribution < -0.4 is 0 Å². The summed E-state index contributed by atoms with van der Waals surface area (Å²) in [7, 11) is 1.78. The van der Waals surface area contributed by atoms with Gasteiger partial charge in [-0.25, -0.2) is 0 Å². The van der Waals surface area contributed by atoms with Gasteiger partial charge in [0.1, 0.15) is 0 Å². The van der Waals surface area contributed by atoms with E-state index >= 15 is 0 Å². The molecule has 0 radical (unpaired) electrons. The molecule has 0 saturated carbocycles. The van der Waals surface area contributed by atoms with E-state index in [1.165, 1.54) is 0 Å². The van der Waals surface area contributed by atoms with Gasteiger partial charge in [0.25, 0.3) is 0 Å². The average Bonchev–Trinajstić information content (AvgIpc) is 2.71. The second kappa shape index (κ2) is 5.29. The number of ether oxygens (including phenoxy) is 1. The van der Waals surface area contributed by atoms with Crippen molar-refractivity contribution < 1.29 is 9.53 Å². The lowest BCUT2D eigenvalue weighted by Gasteiger charge is -2.38. The molecule has 0 aliphatic carbocycles. The van der Waals surface area contributed by atoms with E-state index < -0.39 is 0 Å². The third-order valence-electron chi connectivity index (χ3n) is 4.39. The van der Waals surface area contributed by atoms with Crippen molar-refractivity contribution >= 4 is 5.91 Å². The molecule has 4 heteroatoms. The number of fused-ring (bicyclic) bond motifs is 2. The van der Waals surface area contributed by atoms with Gasteiger partial charge in [0.05, 0.1) is 12.5 Å². The van der Waals surface area contributed by atoms with Crippen molar-refractivity contribution in [1.82, 2.24) is 9.88 Å². The summed E-state index contributed by atoms with van der Waals surface area (Å²) in [5.74, 6) is 0.245. The van der Waals surface area contributed by atoms with Gasteiger partial charge in [-0.3, -0.25) is 9.78 Å². The molecule has 1 aromatic rings. The molecule has 0 aromatic carbocycles. The van der Waals surface area contributed by atoms with Crippen molar-refractivity contribution in [2.24, 2.45) is 0 Å². The van der Waals surface area contributed by atoms with Crippen molar-refractivity contribution in [1.29, 1.82) is 0 Å². The maximum absolute atomic E-state index is 12.5. The molecule has 2 atom stereocenters. The molecule has 0 N–H and O–H groups in total. The maximum atomic E-state index is 12.5. The van der Waals surface area contributed by atoms with E-state index in [-0.39, 0.29) is 5.91 Å². The zero-order valence-electron chi connectivity index (χ0n) is 11.3. The van der Waals surface area contributed by atoms with Gasteiger partial charge >= 0.3 is 0 Å². The summed E-state index contributed by atoms with van der Waals surface area (Å²) in [5, 5.41) is 0. The zero-order valence-corrected chi connectivity index (χ0v) is 11.3. The van der Waals surface area contributed by atoms with Crippen molar-refractivity contribution in [3.8, 4) is 0 Å². The first-order valence-electron chi connectivity index (χ1n) is 7.01. The highest BCUT2D eigenvalue weighted by atomic mass is 16.5. The number of rotatable bonds is 3. The molecular formula is C15H20N2O2. The quantitative estimate of drug-likeness (QED) is 0.832. The number of nitrogens with zero attached hydrogens (tertiary/aromatic N) is 2. The Morgan fingerprint density at radius 1 is 1.42 bits per heavy atom. The van der Waals surface area contributed by atoms with Crippen molar-refractivity contribution in [3.63, 3.8) is 0 Å². The van der Waals surface area contributed by atoms with E-state index in [0.717, 1.165) is 31.2 Å². The number of pyridine rings is 1. The molecule has 2 saturated heterocycles. The minimum absolute atomic E-state index is 0.245. The smallest absolute Gasteiger partial charge is 0.227 e. The minimum Gasteiger partial charge on any atom is -0.381 e. The van der Waals surface area contributed by atoms with Gasteiger partial charge in [-0.05, 0) is 37.3 Å². The van der Waals surface area contributed by atoms with Gasteiger partial charge < -0.3 is 9.64 Å². The molecule has 19 heavy (non-hydrogen) atoms. The lowest BCUT2D eigenvalue weighted by molar-refractivity contribution is -0.137. The Morgan fingerprint density at radius 3 is 2.74 bits per heavy atom. The summed E-state index contributed by atoms with van der Waals surface area (Å²) < 4.78 is 5.47. The molecular weight excluding hydrogens is 240 g/mol. The minimum atomic E-state index is 0.245. The SMILES string of the molecule is COC1CC2CCC(C1)N2C(=O)Cc1cccnc1. The number of aromatic nitrogens is 1. The topological polar surface area (TPSA) is 42.4 Å². The van der Waals surface area contributed by atoms with E-state index in [1.54, 1.807) is 19.5 Å². The largest absolute Gasteiger partial charge is 0.381 e. The first-order chi connectivity index (χ1) is 9.28. The molecule has 2 aliphatic rings. The Balaban J connectivity index is 1.68. The normalized spacial score (nSPS) is 29.5. The van der Waals surface area contributed by atoms with Crippen LogP contribution in [0.3, 0.4) is 0 Å². The summed E-state index contributed by atoms with van der Waals surface area (Å²) in [6.07, 6.45) is 8.56. The first kappa shape index (κ1) is 12.6. The fourth-order valence-electron chi connectivity index (χ4n) is 3.50. The predicted octanol–water partition coefficient (Wildman–Crippen LogP) is 1.79. The standard InChI is InChI=1S/C15H20N2O2/c1-19-14-8-12-4-5-13(9-14)17(12)15(18)7-11-3-2-6-16-10-11/h2-3,6,10,12-14H,4-5,7-9H2,1H3. The molecule has 0 spiro atoms. The molecule has 1 amide bonds. The van der Waals surface area contributed by atoms with Gasteiger partial charge in [-0.2, -0.15) is 0 Å². The van der Waals surface area contributed by atoms with Crippen LogP contribution in [0.15, 0.2) is 24.5 Å². The van der Waals surface area contributed by atoms with Crippen LogP contribution in [-0.2, 0) is 16.0 Å². The fraction of sp³-hybridized carbons (Fsp3) is 0.600. The maximum Gasteiger partial charge on any atom is 0.227 e. The molecule has 4 nitrogen and oxygen atoms in total. The number of amides is 1. The van der Waals surface area contributed by atoms with E-state index in [4.69, 9.17) is 4.74 Å². The highest BCUT2D eigenvalue weighted by molar-refractivity contribution is 5.79. The van der Waals surface area contributed by atoms with Crippen LogP contribution in [0.25, 0.3) is 0 Å². The Labute approximate surface area is 113 Å². The second-order valence-electron chi connectivity index (χ2n) is 5.55. The number of methoxy groups -OCH3 is 1. The van der Waals surface area contributed by atoms with Gasteiger partial charge in [-0.15, -0.1) is 0 Å². The molecule has 102 valence electrons. The van der Waals surface area contributed by atoms with Gasteiger partial charge in [0.2, 0.25) is 5.91 Å². The van der Waals surface area contributed by atoms with E-state index in [9.17, 15) is 4.79 Å². The molecule has 3 heterocycles. The van der Waals surface area contributed by atoms with Crippen molar-refractivity contribution in [2.45, 2.75) is 50.3 Å². The Kier molecular flexibility index (Phi) is 3.51. The monoisotopic (exact) mass is 260 g/mol. The average molecular weight is 260 g/mol. The van der Waals surface area contributed by atoms with E-state index in [0.29, 0.717) is 24.6 Å². The molecule has 2 fully saturated rings. The van der Waals surface area contributed by atoms with Crippen LogP contribution in [0.1, 0.15) is 31.2 Å². The van der Waals surface area contributed by atoms with Gasteiger partial charge in [0.15, 0.2) is 0 Å². The number of hydrogen-bond donors (Lipinski definition) is 0. The van der Waals surface area contributed by atoms with Crippen LogP contribution in [0.5, 0.6) is 0 Å². The lowest BCUT2D eigenvalue weighted by atomic mass is 9.98. The number of hydrogen-bond acceptors (Lipinski definition) is 3. The van der Waals surface area contributed by atoms with E-state index in [2.05, 4.69) is 9.88 Å². The second-order valence-corrected chi connectivity index (χ2v) is 5.55. The Hall–Kier alpha value is -1.42. The van der Waals surface area contributed by atoms with Crippen molar-refractivity contribution in [2.75, 3.05) is 7.11 Å². The predicted molar refractivity (Wildman–Crippen MR) is 71.6 cm³/mol. The van der Waals surface area contributed by atoms with Crippen LogP contribution in [0.4, 0.5) is 0 Å². The summed E-state index contributed by atoms with van der Waals surface area (Å²) in [5.41, 5.74) is 1.00. The van der Waals surface area contributed by atoms with Gasteiger partial charge in [-0.1, -0.05) is 6.07 Å². The highest BCUT2D eigenvalue weighted by Gasteiger charge is 2.42. The van der Waals surface area contributed by atoms with Crippen LogP contribution in [0, 0.1) is 0 Å². The van der Waals surface area contributed by atoms with Crippen LogP contribution in [-0.4, -0.2) is 41.1 Å². The summed E-state index contributed by atoms with van der Waals surface area (Å²) in [4.78, 5) is 18.7. The number of piperidine rings is 1. The summed E-state index contributed by atoms with van der Waals surface area (Å²) >= 11 is 0. The molecule has 2 aliphatic heterocycles. The molecule has 1 aromatic heterocycles. The molecule has 2 unspecified atom stereocenters. The highest BCUT2D eigenvalue weighted by Crippen LogP contribution is 2.37. The van der Waals surface area contributed by atoms with E-state index in [1.807, 2.05) is 12.1 Å². The van der Waals surface area contributed by atoms with Crippen LogP contribution in [0.2, 0.25) is 0 Å². The number of carbonyl (C=O) groups is 1. The summed E-state index contributed by atoms with van der Waals surface area (Å²) in [6, 6.07) is 4.61. The van der Waals surface area contributed by atoms with Gasteiger partial charge in [0, 0.05) is 31.6 Å². The number of carbonyl (C=O) groups excluding carboxylic acids is 1. The molecule has 2 bridgehead atoms. The lowest BCUT2D eigenvalue weighted by Crippen LogP contribution is -2.48. The third-order valence-corrected chi connectivity index (χ3v) is 4.39. The Bertz CT molecular complexity index is 435. The third kappa shape index (κ3) is 2.50.